The van der Waals surface area contributed by atoms with Crippen molar-refractivity contribution in [2.75, 3.05) is 20.3 Å². The van der Waals surface area contributed by atoms with E-state index in [2.05, 4.69) is 5.32 Å². The first-order chi connectivity index (χ1) is 9.83. The molecule has 1 aromatic carbocycles. The van der Waals surface area contributed by atoms with E-state index in [1.54, 1.807) is 19.2 Å². The molecule has 0 unspecified atom stereocenters. The van der Waals surface area contributed by atoms with Crippen molar-refractivity contribution in [3.63, 3.8) is 0 Å². The van der Waals surface area contributed by atoms with Crippen LogP contribution >= 0.6 is 0 Å². The Kier molecular flexibility index (Phi) is 6.58. The summed E-state index contributed by atoms with van der Waals surface area (Å²) in [5.74, 6) is 0.674. The molecule has 0 spiro atoms. The molecule has 0 amide bonds. The number of benzene rings is 1. The molecular weight excluding hydrogens is 272 g/mol. The molecule has 0 saturated heterocycles. The third-order valence-electron chi connectivity index (χ3n) is 2.81. The van der Waals surface area contributed by atoms with Crippen LogP contribution in [0.1, 0.15) is 32.8 Å². The molecule has 0 aliphatic rings. The molecule has 1 N–H and O–H groups in total. The van der Waals surface area contributed by atoms with E-state index < -0.39 is 4.92 Å². The zero-order valence-corrected chi connectivity index (χ0v) is 13.1. The van der Waals surface area contributed by atoms with Gasteiger partial charge in [0.15, 0.2) is 0 Å². The van der Waals surface area contributed by atoms with Gasteiger partial charge in [-0.3, -0.25) is 10.1 Å². The number of hydrogen-bond donors (Lipinski definition) is 1. The van der Waals surface area contributed by atoms with Gasteiger partial charge in [0.25, 0.3) is 5.69 Å². The van der Waals surface area contributed by atoms with Gasteiger partial charge in [-0.2, -0.15) is 0 Å². The van der Waals surface area contributed by atoms with Crippen molar-refractivity contribution in [2.24, 2.45) is 0 Å². The lowest BCUT2D eigenvalue weighted by atomic mass is 10.1. The molecule has 6 nitrogen and oxygen atoms in total. The average molecular weight is 296 g/mol. The Morgan fingerprint density at radius 3 is 2.57 bits per heavy atom. The van der Waals surface area contributed by atoms with Gasteiger partial charge in [0.2, 0.25) is 0 Å². The molecule has 6 heteroatoms. The lowest BCUT2D eigenvalue weighted by Gasteiger charge is -2.21. The number of methoxy groups -OCH3 is 1. The van der Waals surface area contributed by atoms with Crippen molar-refractivity contribution in [1.29, 1.82) is 0 Å². The van der Waals surface area contributed by atoms with E-state index in [0.29, 0.717) is 25.5 Å². The Labute approximate surface area is 125 Å². The maximum absolute atomic E-state index is 10.9. The van der Waals surface area contributed by atoms with Crippen molar-refractivity contribution in [1.82, 2.24) is 5.32 Å². The van der Waals surface area contributed by atoms with E-state index in [0.717, 1.165) is 12.0 Å². The van der Waals surface area contributed by atoms with Gasteiger partial charge in [0.1, 0.15) is 5.75 Å². The Bertz CT molecular complexity index is 469. The molecule has 21 heavy (non-hydrogen) atoms. The molecule has 0 fully saturated rings. The molecule has 0 heterocycles. The van der Waals surface area contributed by atoms with Crippen LogP contribution in [0, 0.1) is 10.1 Å². The fourth-order valence-electron chi connectivity index (χ4n) is 1.70. The maximum Gasteiger partial charge on any atom is 0.270 e. The summed E-state index contributed by atoms with van der Waals surface area (Å²) >= 11 is 0. The van der Waals surface area contributed by atoms with Crippen molar-refractivity contribution in [3.05, 3.63) is 33.9 Å². The number of nitrogens with zero attached hydrogens (tertiary/aromatic N) is 1. The van der Waals surface area contributed by atoms with Gasteiger partial charge in [-0.25, -0.2) is 0 Å². The monoisotopic (exact) mass is 296 g/mol. The number of hydrogen-bond acceptors (Lipinski definition) is 5. The molecule has 0 atom stereocenters. The lowest BCUT2D eigenvalue weighted by Crippen LogP contribution is -2.35. The minimum atomic E-state index is -0.394. The van der Waals surface area contributed by atoms with Crippen LogP contribution in [0.4, 0.5) is 5.69 Å². The van der Waals surface area contributed by atoms with Crippen LogP contribution in [0.5, 0.6) is 5.75 Å². The standard InChI is InChI=1S/C15H24N2O4/c1-15(2,3)16-11-12-10-13(17(18)19)6-7-14(12)21-9-5-8-20-4/h6-7,10,16H,5,8-9,11H2,1-4H3. The molecule has 0 aliphatic heterocycles. The van der Waals surface area contributed by atoms with E-state index in [4.69, 9.17) is 9.47 Å². The largest absolute Gasteiger partial charge is 0.493 e. The van der Waals surface area contributed by atoms with Crippen molar-refractivity contribution in [2.45, 2.75) is 39.3 Å². The van der Waals surface area contributed by atoms with Crippen LogP contribution in [0.3, 0.4) is 0 Å². The molecule has 0 saturated carbocycles. The molecular formula is C15H24N2O4. The summed E-state index contributed by atoms with van der Waals surface area (Å²) in [4.78, 5) is 10.5. The molecule has 1 aromatic rings. The smallest absolute Gasteiger partial charge is 0.270 e. The van der Waals surface area contributed by atoms with Gasteiger partial charge in [0.05, 0.1) is 11.5 Å². The lowest BCUT2D eigenvalue weighted by molar-refractivity contribution is -0.384. The van der Waals surface area contributed by atoms with Gasteiger partial charge in [-0.15, -0.1) is 0 Å². The first kappa shape index (κ1) is 17.4. The van der Waals surface area contributed by atoms with Crippen LogP contribution in [-0.4, -0.2) is 30.8 Å². The minimum Gasteiger partial charge on any atom is -0.493 e. The van der Waals surface area contributed by atoms with Gasteiger partial charge in [-0.1, -0.05) is 0 Å². The molecule has 0 aromatic heterocycles. The van der Waals surface area contributed by atoms with E-state index in [1.165, 1.54) is 6.07 Å². The van der Waals surface area contributed by atoms with Crippen molar-refractivity contribution < 1.29 is 14.4 Å². The third-order valence-corrected chi connectivity index (χ3v) is 2.81. The molecule has 118 valence electrons. The number of non-ortho nitro benzene ring substituents is 1. The van der Waals surface area contributed by atoms with E-state index in [1.807, 2.05) is 20.8 Å². The quantitative estimate of drug-likeness (QED) is 0.453. The second kappa shape index (κ2) is 7.95. The number of nitrogens with one attached hydrogen (secondary N) is 1. The summed E-state index contributed by atoms with van der Waals surface area (Å²) in [6, 6.07) is 4.68. The summed E-state index contributed by atoms with van der Waals surface area (Å²) in [6.45, 7) is 7.80. The van der Waals surface area contributed by atoms with Gasteiger partial charge in [-0.05, 0) is 26.8 Å². The van der Waals surface area contributed by atoms with Crippen LogP contribution in [0.25, 0.3) is 0 Å². The normalized spacial score (nSPS) is 11.4. The summed E-state index contributed by atoms with van der Waals surface area (Å²) in [7, 11) is 1.64. The summed E-state index contributed by atoms with van der Waals surface area (Å²) < 4.78 is 10.7. The topological polar surface area (TPSA) is 73.6 Å². The van der Waals surface area contributed by atoms with Gasteiger partial charge in [0, 0.05) is 49.9 Å². The predicted molar refractivity (Wildman–Crippen MR) is 81.7 cm³/mol. The SMILES string of the molecule is COCCCOc1ccc([N+](=O)[O-])cc1CNC(C)(C)C. The Morgan fingerprint density at radius 2 is 2.00 bits per heavy atom. The summed E-state index contributed by atoms with van der Waals surface area (Å²) in [5, 5.41) is 14.2. The second-order valence-corrected chi connectivity index (χ2v) is 5.85. The van der Waals surface area contributed by atoms with Gasteiger partial charge >= 0.3 is 0 Å². The molecule has 0 aliphatic carbocycles. The molecule has 0 radical (unpaired) electrons. The van der Waals surface area contributed by atoms with E-state index in [9.17, 15) is 10.1 Å². The van der Waals surface area contributed by atoms with Crippen molar-refractivity contribution in [3.8, 4) is 5.75 Å². The Morgan fingerprint density at radius 1 is 1.29 bits per heavy atom. The van der Waals surface area contributed by atoms with Crippen LogP contribution in [0.15, 0.2) is 18.2 Å². The van der Waals surface area contributed by atoms with Gasteiger partial charge < -0.3 is 14.8 Å². The van der Waals surface area contributed by atoms with E-state index >= 15 is 0 Å². The summed E-state index contributed by atoms with van der Waals surface area (Å²) in [5.41, 5.74) is 0.791. The highest BCUT2D eigenvalue weighted by molar-refractivity contribution is 5.43. The van der Waals surface area contributed by atoms with Crippen molar-refractivity contribution >= 4 is 5.69 Å². The maximum atomic E-state index is 10.9. The van der Waals surface area contributed by atoms with Crippen LogP contribution in [-0.2, 0) is 11.3 Å². The first-order valence-corrected chi connectivity index (χ1v) is 6.97. The predicted octanol–water partition coefficient (Wildman–Crippen LogP) is 2.90. The first-order valence-electron chi connectivity index (χ1n) is 6.97. The minimum absolute atomic E-state index is 0.0715. The number of ether oxygens (including phenoxy) is 2. The van der Waals surface area contributed by atoms with Crippen LogP contribution < -0.4 is 10.1 Å². The highest BCUT2D eigenvalue weighted by atomic mass is 16.6. The van der Waals surface area contributed by atoms with E-state index in [-0.39, 0.29) is 11.2 Å². The average Bonchev–Trinajstić information content (AvgIpc) is 2.41. The summed E-state index contributed by atoms with van der Waals surface area (Å²) in [6.07, 6.45) is 0.777. The zero-order chi connectivity index (χ0) is 15.9. The fraction of sp³-hybridized carbons (Fsp3) is 0.600. The Hall–Kier alpha value is -1.66. The second-order valence-electron chi connectivity index (χ2n) is 5.85. The zero-order valence-electron chi connectivity index (χ0n) is 13.1. The highest BCUT2D eigenvalue weighted by Gasteiger charge is 2.15. The van der Waals surface area contributed by atoms with Crippen LogP contribution in [0.2, 0.25) is 0 Å². The fourth-order valence-corrected chi connectivity index (χ4v) is 1.70. The molecule has 0 bridgehead atoms. The highest BCUT2D eigenvalue weighted by Crippen LogP contribution is 2.25. The third kappa shape index (κ3) is 6.55. The molecule has 1 rings (SSSR count). The number of rotatable bonds is 8. The number of nitro groups is 1. The Balaban J connectivity index is 2.81. The number of nitro benzene ring substituents is 1.